The third kappa shape index (κ3) is 4.87. The van der Waals surface area contributed by atoms with Crippen LogP contribution < -0.4 is 10.1 Å². The molecule has 1 aliphatic heterocycles. The largest absolute Gasteiger partial charge is 0.493 e. The van der Waals surface area contributed by atoms with Gasteiger partial charge in [-0.25, -0.2) is 0 Å². The first-order valence-electron chi connectivity index (χ1n) is 11.7. The number of aryl methyl sites for hydroxylation is 1. The molecule has 0 saturated carbocycles. The first-order valence-corrected chi connectivity index (χ1v) is 11.7. The standard InChI is InChI=1S/C28H31F3N2O2/c1-17(2)20-13-19-11-12-35-25(19)22(14-20)26(4,5)15-27(34,28(29,30)31)16-32-23-7-6-8-24-21(23)10-9-18(3)33-24/h6-10,13-14,32,34H,1,11-12,15-16H2,2-5H3. The number of benzene rings is 2. The number of aliphatic hydroxyl groups is 1. The van der Waals surface area contributed by atoms with E-state index in [2.05, 4.69) is 16.9 Å². The van der Waals surface area contributed by atoms with Crippen molar-refractivity contribution in [2.45, 2.75) is 57.7 Å². The lowest BCUT2D eigenvalue weighted by Gasteiger charge is -2.39. The zero-order chi connectivity index (χ0) is 25.6. The topological polar surface area (TPSA) is 54.4 Å². The van der Waals surface area contributed by atoms with Crippen LogP contribution in [0.15, 0.2) is 49.0 Å². The Bertz CT molecular complexity index is 1280. The van der Waals surface area contributed by atoms with Gasteiger partial charge in [-0.15, -0.1) is 0 Å². The van der Waals surface area contributed by atoms with Crippen molar-refractivity contribution in [3.8, 4) is 5.75 Å². The maximum Gasteiger partial charge on any atom is 0.418 e. The van der Waals surface area contributed by atoms with Crippen molar-refractivity contribution in [1.82, 2.24) is 4.98 Å². The molecule has 0 fully saturated rings. The minimum absolute atomic E-state index is 0.484. The Morgan fingerprint density at radius 1 is 1.17 bits per heavy atom. The fraction of sp³-hybridized carbons (Fsp3) is 0.393. The van der Waals surface area contributed by atoms with Gasteiger partial charge in [0.2, 0.25) is 0 Å². The molecule has 7 heteroatoms. The number of alkyl halides is 3. The monoisotopic (exact) mass is 484 g/mol. The van der Waals surface area contributed by atoms with E-state index in [0.717, 1.165) is 22.4 Å². The maximum absolute atomic E-state index is 14.4. The zero-order valence-electron chi connectivity index (χ0n) is 20.5. The molecular formula is C28H31F3N2O2. The minimum atomic E-state index is -4.85. The van der Waals surface area contributed by atoms with E-state index >= 15 is 0 Å². The first-order chi connectivity index (χ1) is 16.3. The van der Waals surface area contributed by atoms with Crippen molar-refractivity contribution in [1.29, 1.82) is 0 Å². The van der Waals surface area contributed by atoms with Crippen LogP contribution >= 0.6 is 0 Å². The van der Waals surface area contributed by atoms with Gasteiger partial charge in [-0.3, -0.25) is 4.98 Å². The molecule has 0 saturated heterocycles. The van der Waals surface area contributed by atoms with Crippen LogP contribution in [-0.4, -0.2) is 35.0 Å². The number of ether oxygens (including phenoxy) is 1. The molecule has 1 unspecified atom stereocenters. The number of rotatable bonds is 7. The molecule has 1 atom stereocenters. The second-order valence-electron chi connectivity index (χ2n) is 10.2. The van der Waals surface area contributed by atoms with Crippen LogP contribution in [0.4, 0.5) is 18.9 Å². The average molecular weight is 485 g/mol. The van der Waals surface area contributed by atoms with Gasteiger partial charge in [0.1, 0.15) is 5.75 Å². The SMILES string of the molecule is C=C(C)c1cc2c(c(C(C)(C)CC(O)(CNc3cccc4nc(C)ccc34)C(F)(F)F)c1)OCC2. The second-order valence-corrected chi connectivity index (χ2v) is 10.2. The number of fused-ring (bicyclic) bond motifs is 2. The molecule has 2 heterocycles. The molecule has 1 aromatic heterocycles. The molecule has 2 N–H and O–H groups in total. The second kappa shape index (κ2) is 8.86. The summed E-state index contributed by atoms with van der Waals surface area (Å²) in [5.74, 6) is 0.619. The van der Waals surface area contributed by atoms with Crippen LogP contribution in [0.5, 0.6) is 5.75 Å². The Labute approximate surface area is 203 Å². The lowest BCUT2D eigenvalue weighted by Crippen LogP contribution is -2.53. The molecule has 0 radical (unpaired) electrons. The van der Waals surface area contributed by atoms with Gasteiger partial charge in [0, 0.05) is 28.8 Å². The third-order valence-electron chi connectivity index (χ3n) is 6.71. The number of allylic oxidation sites excluding steroid dienone is 1. The van der Waals surface area contributed by atoms with E-state index in [-0.39, 0.29) is 0 Å². The van der Waals surface area contributed by atoms with Crippen molar-refractivity contribution < 1.29 is 23.0 Å². The fourth-order valence-electron chi connectivity index (χ4n) is 4.80. The van der Waals surface area contributed by atoms with E-state index in [0.29, 0.717) is 40.9 Å². The predicted octanol–water partition coefficient (Wildman–Crippen LogP) is 6.58. The van der Waals surface area contributed by atoms with Crippen LogP contribution in [0.2, 0.25) is 0 Å². The van der Waals surface area contributed by atoms with E-state index in [1.165, 1.54) is 0 Å². The van der Waals surface area contributed by atoms with Crippen LogP contribution in [0.25, 0.3) is 16.5 Å². The fourth-order valence-corrected chi connectivity index (χ4v) is 4.80. The van der Waals surface area contributed by atoms with Crippen LogP contribution in [-0.2, 0) is 11.8 Å². The van der Waals surface area contributed by atoms with Crippen molar-refractivity contribution in [2.24, 2.45) is 0 Å². The Hall–Kier alpha value is -3.06. The minimum Gasteiger partial charge on any atom is -0.493 e. The van der Waals surface area contributed by atoms with E-state index in [4.69, 9.17) is 4.74 Å². The lowest BCUT2D eigenvalue weighted by molar-refractivity contribution is -0.260. The van der Waals surface area contributed by atoms with E-state index in [1.54, 1.807) is 26.0 Å². The van der Waals surface area contributed by atoms with Gasteiger partial charge in [0.05, 0.1) is 18.7 Å². The maximum atomic E-state index is 14.4. The van der Waals surface area contributed by atoms with Gasteiger partial charge in [0.15, 0.2) is 5.60 Å². The Kier molecular flexibility index (Phi) is 6.34. The first kappa shape index (κ1) is 25.0. The van der Waals surface area contributed by atoms with Gasteiger partial charge in [-0.2, -0.15) is 13.2 Å². The van der Waals surface area contributed by atoms with Gasteiger partial charge >= 0.3 is 6.18 Å². The van der Waals surface area contributed by atoms with E-state index in [9.17, 15) is 18.3 Å². The van der Waals surface area contributed by atoms with Crippen LogP contribution in [0, 0.1) is 6.92 Å². The highest BCUT2D eigenvalue weighted by atomic mass is 19.4. The molecule has 0 amide bonds. The number of aromatic nitrogens is 1. The number of hydrogen-bond donors (Lipinski definition) is 2. The number of nitrogens with zero attached hydrogens (tertiary/aromatic N) is 1. The van der Waals surface area contributed by atoms with Crippen molar-refractivity contribution >= 4 is 22.2 Å². The highest BCUT2D eigenvalue weighted by molar-refractivity contribution is 5.91. The number of hydrogen-bond acceptors (Lipinski definition) is 4. The number of nitrogens with one attached hydrogen (secondary N) is 1. The summed E-state index contributed by atoms with van der Waals surface area (Å²) in [6, 6.07) is 12.7. The summed E-state index contributed by atoms with van der Waals surface area (Å²) >= 11 is 0. The number of halogens is 3. The molecule has 1 aliphatic rings. The molecule has 0 aliphatic carbocycles. The van der Waals surface area contributed by atoms with Gasteiger partial charge in [-0.1, -0.05) is 32.1 Å². The molecule has 2 aromatic carbocycles. The van der Waals surface area contributed by atoms with Crippen molar-refractivity contribution in [3.63, 3.8) is 0 Å². The summed E-state index contributed by atoms with van der Waals surface area (Å²) in [6.45, 7) is 10.9. The molecule has 186 valence electrons. The van der Waals surface area contributed by atoms with Crippen LogP contribution in [0.3, 0.4) is 0 Å². The Morgan fingerprint density at radius 3 is 2.60 bits per heavy atom. The molecule has 3 aromatic rings. The smallest absolute Gasteiger partial charge is 0.418 e. The summed E-state index contributed by atoms with van der Waals surface area (Å²) in [6.07, 6.45) is -4.71. The van der Waals surface area contributed by atoms with Crippen molar-refractivity contribution in [2.75, 3.05) is 18.5 Å². The quantitative estimate of drug-likeness (QED) is 0.398. The van der Waals surface area contributed by atoms with Gasteiger partial charge in [-0.05, 0) is 73.2 Å². The van der Waals surface area contributed by atoms with E-state index < -0.39 is 30.2 Å². The summed E-state index contributed by atoms with van der Waals surface area (Å²) in [5, 5.41) is 14.6. The van der Waals surface area contributed by atoms with Gasteiger partial charge in [0.25, 0.3) is 0 Å². The third-order valence-corrected chi connectivity index (χ3v) is 6.71. The summed E-state index contributed by atoms with van der Waals surface area (Å²) in [5.41, 5.74) is 1.26. The van der Waals surface area contributed by atoms with E-state index in [1.807, 2.05) is 44.2 Å². The molecule has 35 heavy (non-hydrogen) atoms. The zero-order valence-corrected chi connectivity index (χ0v) is 20.5. The molecule has 4 rings (SSSR count). The lowest BCUT2D eigenvalue weighted by atomic mass is 9.73. The highest BCUT2D eigenvalue weighted by Gasteiger charge is 2.56. The van der Waals surface area contributed by atoms with Crippen molar-refractivity contribution in [3.05, 3.63) is 71.4 Å². The summed E-state index contributed by atoms with van der Waals surface area (Å²) < 4.78 is 48.9. The number of anilines is 1. The molecule has 0 spiro atoms. The summed E-state index contributed by atoms with van der Waals surface area (Å²) in [7, 11) is 0. The normalized spacial score (nSPS) is 15.4. The molecule has 0 bridgehead atoms. The predicted molar refractivity (Wildman–Crippen MR) is 134 cm³/mol. The van der Waals surface area contributed by atoms with Gasteiger partial charge < -0.3 is 15.2 Å². The average Bonchev–Trinajstić information content (AvgIpc) is 3.24. The summed E-state index contributed by atoms with van der Waals surface area (Å²) in [4.78, 5) is 4.44. The molecular weight excluding hydrogens is 453 g/mol. The molecule has 4 nitrogen and oxygen atoms in total. The van der Waals surface area contributed by atoms with Crippen LogP contribution in [0.1, 0.15) is 49.6 Å². The Morgan fingerprint density at radius 2 is 1.91 bits per heavy atom. The Balaban J connectivity index is 1.68. The number of pyridine rings is 1. The highest BCUT2D eigenvalue weighted by Crippen LogP contribution is 2.46.